The van der Waals surface area contributed by atoms with Gasteiger partial charge in [-0.2, -0.15) is 39.5 Å². The lowest BCUT2D eigenvalue weighted by molar-refractivity contribution is -0.425. The first-order chi connectivity index (χ1) is 7.81. The zero-order chi connectivity index (χ0) is 14.8. The van der Waals surface area contributed by atoms with Crippen molar-refractivity contribution >= 4 is 15.9 Å². The summed E-state index contributed by atoms with van der Waals surface area (Å²) in [6.45, 7) is 0. The third-order valence-corrected chi connectivity index (χ3v) is 2.51. The summed E-state index contributed by atoms with van der Waals surface area (Å²) < 4.78 is 111. The minimum Gasteiger partial charge on any atom is -0.170 e. The largest absolute Gasteiger partial charge is 0.412 e. The third-order valence-electron chi connectivity index (χ3n) is 2.13. The molecular weight excluding hydrogens is 347 g/mol. The predicted molar refractivity (Wildman–Crippen MR) is 48.1 cm³/mol. The third kappa shape index (κ3) is 3.12. The van der Waals surface area contributed by atoms with Gasteiger partial charge in [0.05, 0.1) is 0 Å². The summed E-state index contributed by atoms with van der Waals surface area (Å²) in [4.78, 5) is 0. The summed E-state index contributed by atoms with van der Waals surface area (Å²) in [5.74, 6) is 0. The van der Waals surface area contributed by atoms with Crippen LogP contribution in [0.3, 0.4) is 0 Å². The Kier molecular flexibility index (Phi) is 5.18. The molecular formula is C8H6BrF9. The Morgan fingerprint density at radius 3 is 1.22 bits per heavy atom. The van der Waals surface area contributed by atoms with Gasteiger partial charge in [-0.3, -0.25) is 0 Å². The van der Waals surface area contributed by atoms with Gasteiger partial charge in [-0.05, 0) is 6.42 Å². The number of hydrogen-bond acceptors (Lipinski definition) is 0. The molecule has 0 nitrogen and oxygen atoms in total. The van der Waals surface area contributed by atoms with Crippen LogP contribution in [0.5, 0.6) is 0 Å². The molecule has 0 aromatic rings. The van der Waals surface area contributed by atoms with Crippen molar-refractivity contribution in [3.63, 3.8) is 0 Å². The minimum absolute atomic E-state index is 0.156. The summed E-state index contributed by atoms with van der Waals surface area (Å²) >= 11 is 2.64. The fourth-order valence-electron chi connectivity index (χ4n) is 1.15. The van der Waals surface area contributed by atoms with E-state index in [-0.39, 0.29) is 11.4 Å². The second kappa shape index (κ2) is 5.30. The molecule has 0 heterocycles. The Balaban J connectivity index is 5.83. The molecule has 0 aromatic heterocycles. The van der Waals surface area contributed by atoms with Crippen LogP contribution < -0.4 is 0 Å². The highest BCUT2D eigenvalue weighted by Gasteiger charge is 2.82. The lowest BCUT2D eigenvalue weighted by Gasteiger charge is -2.37. The molecule has 0 unspecified atom stereocenters. The van der Waals surface area contributed by atoms with Gasteiger partial charge < -0.3 is 0 Å². The van der Waals surface area contributed by atoms with Gasteiger partial charge in [-0.25, -0.2) is 0 Å². The van der Waals surface area contributed by atoms with Gasteiger partial charge in [0, 0.05) is 5.33 Å². The lowest BCUT2D eigenvalue weighted by atomic mass is 9.81. The van der Waals surface area contributed by atoms with E-state index >= 15 is 0 Å². The van der Waals surface area contributed by atoms with Crippen LogP contribution in [-0.2, 0) is 0 Å². The van der Waals surface area contributed by atoms with Gasteiger partial charge in [0.15, 0.2) is 0 Å². The molecule has 10 heteroatoms. The summed E-state index contributed by atoms with van der Waals surface area (Å²) in [6.07, 6.45) is -20.8. The second-order valence-electron chi connectivity index (χ2n) is 3.23. The zero-order valence-electron chi connectivity index (χ0n) is 8.35. The monoisotopic (exact) mass is 352 g/mol. The van der Waals surface area contributed by atoms with E-state index < -0.39 is 30.4 Å². The summed E-state index contributed by atoms with van der Waals surface area (Å²) in [6, 6.07) is 0. The van der Waals surface area contributed by atoms with Gasteiger partial charge >= 0.3 is 18.5 Å². The molecule has 0 aliphatic heterocycles. The van der Waals surface area contributed by atoms with Crippen LogP contribution in [0.4, 0.5) is 39.5 Å². The first kappa shape index (κ1) is 17.6. The van der Waals surface area contributed by atoms with E-state index in [2.05, 4.69) is 15.9 Å². The Bertz CT molecular complexity index is 259. The smallest absolute Gasteiger partial charge is 0.170 e. The van der Waals surface area contributed by atoms with Crippen LogP contribution in [0.1, 0.15) is 6.42 Å². The van der Waals surface area contributed by atoms with E-state index in [1.54, 1.807) is 0 Å². The lowest BCUT2D eigenvalue weighted by Crippen LogP contribution is -2.59. The molecule has 0 amide bonds. The molecule has 108 valence electrons. The van der Waals surface area contributed by atoms with Crippen LogP contribution in [0.25, 0.3) is 0 Å². The average molecular weight is 353 g/mol. The molecule has 0 rings (SSSR count). The normalized spacial score (nSPS) is 15.4. The number of rotatable bonds is 3. The van der Waals surface area contributed by atoms with Crippen molar-refractivity contribution in [2.75, 3.05) is 5.33 Å². The zero-order valence-corrected chi connectivity index (χ0v) is 9.93. The number of hydrogen-bond donors (Lipinski definition) is 0. The Morgan fingerprint density at radius 2 is 1.00 bits per heavy atom. The quantitative estimate of drug-likeness (QED) is 0.381. The predicted octanol–water partition coefficient (Wildman–Crippen LogP) is 5.00. The highest BCUT2D eigenvalue weighted by atomic mass is 79.9. The Morgan fingerprint density at radius 1 is 0.667 bits per heavy atom. The molecule has 0 aromatic carbocycles. The number of alkyl halides is 10. The Labute approximate surface area is 104 Å². The van der Waals surface area contributed by atoms with Gasteiger partial charge in [0.25, 0.3) is 5.41 Å². The molecule has 0 N–H and O–H groups in total. The van der Waals surface area contributed by atoms with E-state index in [4.69, 9.17) is 0 Å². The van der Waals surface area contributed by atoms with Crippen molar-refractivity contribution in [3.05, 3.63) is 12.2 Å². The van der Waals surface area contributed by atoms with Crippen molar-refractivity contribution in [2.24, 2.45) is 5.41 Å². The minimum atomic E-state index is -6.49. The van der Waals surface area contributed by atoms with E-state index in [0.717, 1.165) is 6.08 Å². The highest BCUT2D eigenvalue weighted by Crippen LogP contribution is 2.61. The maximum Gasteiger partial charge on any atom is 0.412 e. The van der Waals surface area contributed by atoms with E-state index in [1.165, 1.54) is 0 Å². The van der Waals surface area contributed by atoms with E-state index in [9.17, 15) is 39.5 Å². The first-order valence-corrected chi connectivity index (χ1v) is 5.34. The highest BCUT2D eigenvalue weighted by molar-refractivity contribution is 9.09. The van der Waals surface area contributed by atoms with Crippen molar-refractivity contribution in [1.82, 2.24) is 0 Å². The first-order valence-electron chi connectivity index (χ1n) is 4.22. The molecule has 18 heavy (non-hydrogen) atoms. The van der Waals surface area contributed by atoms with Crippen LogP contribution in [0.15, 0.2) is 12.2 Å². The fourth-order valence-corrected chi connectivity index (χ4v) is 1.42. The fraction of sp³-hybridized carbons (Fsp3) is 0.750. The molecule has 0 atom stereocenters. The SMILES string of the molecule is FC(F)(F)C(C/C=C/CBr)(C(F)(F)F)C(F)(F)F. The molecule has 0 bridgehead atoms. The van der Waals surface area contributed by atoms with Gasteiger partial charge in [-0.15, -0.1) is 0 Å². The molecule has 0 aliphatic carbocycles. The molecule has 0 saturated heterocycles. The van der Waals surface area contributed by atoms with Crippen LogP contribution >= 0.6 is 15.9 Å². The van der Waals surface area contributed by atoms with E-state index in [0.29, 0.717) is 0 Å². The molecule has 0 fully saturated rings. The maximum atomic E-state index is 12.3. The van der Waals surface area contributed by atoms with Crippen LogP contribution in [0.2, 0.25) is 0 Å². The van der Waals surface area contributed by atoms with Crippen molar-refractivity contribution in [3.8, 4) is 0 Å². The number of allylic oxidation sites excluding steroid dienone is 2. The standard InChI is InChI=1S/C8H6BrF9/c9-4-2-1-3-5(6(10,11)12,7(13,14)15)8(16,17)18/h1-2H,3-4H2/b2-1+. The molecule has 0 spiro atoms. The van der Waals surface area contributed by atoms with Crippen molar-refractivity contribution in [1.29, 1.82) is 0 Å². The number of halogens is 10. The van der Waals surface area contributed by atoms with Crippen LogP contribution in [0, 0.1) is 5.41 Å². The molecule has 0 radical (unpaired) electrons. The van der Waals surface area contributed by atoms with Gasteiger partial charge in [0.1, 0.15) is 0 Å². The van der Waals surface area contributed by atoms with Gasteiger partial charge in [-0.1, -0.05) is 28.1 Å². The van der Waals surface area contributed by atoms with Crippen molar-refractivity contribution in [2.45, 2.75) is 24.9 Å². The van der Waals surface area contributed by atoms with E-state index in [1.807, 2.05) is 0 Å². The average Bonchev–Trinajstić information content (AvgIpc) is 2.05. The van der Waals surface area contributed by atoms with Crippen molar-refractivity contribution < 1.29 is 39.5 Å². The summed E-state index contributed by atoms with van der Waals surface area (Å²) in [7, 11) is 0. The molecule has 0 aliphatic rings. The maximum absolute atomic E-state index is 12.3. The topological polar surface area (TPSA) is 0 Å². The summed E-state index contributed by atoms with van der Waals surface area (Å²) in [5.41, 5.74) is -5.74. The van der Waals surface area contributed by atoms with Crippen LogP contribution in [-0.4, -0.2) is 23.9 Å². The Hall–Kier alpha value is -0.410. The second-order valence-corrected chi connectivity index (χ2v) is 3.88. The van der Waals surface area contributed by atoms with Gasteiger partial charge in [0.2, 0.25) is 0 Å². The summed E-state index contributed by atoms with van der Waals surface area (Å²) in [5, 5.41) is -0.156. The molecule has 0 saturated carbocycles.